The Morgan fingerprint density at radius 1 is 1.04 bits per heavy atom. The molecule has 0 unspecified atom stereocenters. The summed E-state index contributed by atoms with van der Waals surface area (Å²) >= 11 is 2.15. The average Bonchev–Trinajstić information content (AvgIpc) is 2.54. The lowest BCUT2D eigenvalue weighted by Crippen LogP contribution is -2.39. The average molecular weight is 380 g/mol. The fourth-order valence-electron chi connectivity index (χ4n) is 2.08. The third-order valence-corrected chi connectivity index (χ3v) is 3.52. The molecular weight excluding hydrogens is 364 g/mol. The number of halogens is 3. The number of hydrogen-bond acceptors (Lipinski definition) is 1. The Bertz CT molecular complexity index is 654. The number of rotatable bonds is 6. The molecule has 0 aromatic heterocycles. The molecule has 0 saturated carbocycles. The van der Waals surface area contributed by atoms with Crippen molar-refractivity contribution in [3.8, 4) is 0 Å². The summed E-state index contributed by atoms with van der Waals surface area (Å²) in [5.74, 6) is -1.25. The molecule has 23 heavy (non-hydrogen) atoms. The second kappa shape index (κ2) is 8.02. The van der Waals surface area contributed by atoms with Crippen molar-refractivity contribution >= 4 is 27.9 Å². The molecule has 0 aliphatic rings. The smallest absolute Gasteiger partial charge is 0.329 e. The van der Waals surface area contributed by atoms with Crippen LogP contribution in [0.25, 0.3) is 6.08 Å². The second-order valence-electron chi connectivity index (χ2n) is 4.98. The maximum atomic E-state index is 13.3. The first-order valence-electron chi connectivity index (χ1n) is 7.08. The minimum atomic E-state index is -3.57. The molecule has 0 atom stereocenters. The quantitative estimate of drug-likeness (QED) is 0.665. The summed E-state index contributed by atoms with van der Waals surface area (Å²) in [5.41, 5.74) is 1.75. The van der Waals surface area contributed by atoms with Crippen LogP contribution in [0.2, 0.25) is 0 Å². The van der Waals surface area contributed by atoms with Gasteiger partial charge in [-0.05, 0) is 11.1 Å². The lowest BCUT2D eigenvalue weighted by Gasteiger charge is -2.23. The summed E-state index contributed by atoms with van der Waals surface area (Å²) in [6.45, 7) is 0.226. The maximum Gasteiger partial charge on any atom is 0.378 e. The Morgan fingerprint density at radius 2 is 1.61 bits per heavy atom. The van der Waals surface area contributed by atoms with Crippen LogP contribution in [0, 0.1) is 0 Å². The molecule has 2 rings (SSSR count). The van der Waals surface area contributed by atoms with Gasteiger partial charge in [-0.25, -0.2) is 0 Å². The van der Waals surface area contributed by atoms with Crippen LogP contribution in [0.1, 0.15) is 11.1 Å². The van der Waals surface area contributed by atoms with Crippen LogP contribution in [-0.4, -0.2) is 22.2 Å². The Balaban J connectivity index is 2.10. The Kier molecular flexibility index (Phi) is 6.04. The van der Waals surface area contributed by atoms with E-state index in [2.05, 4.69) is 15.9 Å². The predicted molar refractivity (Wildman–Crippen MR) is 91.2 cm³/mol. The van der Waals surface area contributed by atoms with Crippen molar-refractivity contribution < 1.29 is 13.6 Å². The van der Waals surface area contributed by atoms with Gasteiger partial charge in [0.05, 0.1) is 0 Å². The van der Waals surface area contributed by atoms with E-state index in [0.717, 1.165) is 16.0 Å². The number of nitrogens with zero attached hydrogens (tertiary/aromatic N) is 1. The summed E-state index contributed by atoms with van der Waals surface area (Å²) in [7, 11) is 0. The number of carbonyl (C=O) groups is 1. The molecule has 0 bridgehead atoms. The number of carbonyl (C=O) groups excluding carboxylic acids is 1. The second-order valence-corrected chi connectivity index (χ2v) is 5.98. The minimum absolute atomic E-state index is 0.101. The van der Waals surface area contributed by atoms with Gasteiger partial charge in [0.15, 0.2) is 0 Å². The Hall–Kier alpha value is -2.01. The highest BCUT2D eigenvalue weighted by Crippen LogP contribution is 2.25. The van der Waals surface area contributed by atoms with Gasteiger partial charge in [-0.3, -0.25) is 4.79 Å². The SMILES string of the molecule is O=C(N(C/C=C/c1ccccc1)Cc1ccccc1)C(F)(F)Br. The van der Waals surface area contributed by atoms with Crippen molar-refractivity contribution in [2.75, 3.05) is 6.54 Å². The molecule has 0 radical (unpaired) electrons. The molecule has 1 amide bonds. The molecule has 2 aromatic rings. The molecule has 2 aromatic carbocycles. The van der Waals surface area contributed by atoms with Crippen molar-refractivity contribution in [2.24, 2.45) is 0 Å². The van der Waals surface area contributed by atoms with Crippen molar-refractivity contribution in [3.63, 3.8) is 0 Å². The van der Waals surface area contributed by atoms with E-state index in [1.807, 2.05) is 48.5 Å². The summed E-state index contributed by atoms with van der Waals surface area (Å²) in [6, 6.07) is 18.5. The summed E-state index contributed by atoms with van der Waals surface area (Å²) in [6.07, 6.45) is 3.51. The first-order chi connectivity index (χ1) is 11.0. The first kappa shape index (κ1) is 17.3. The molecule has 2 nitrogen and oxygen atoms in total. The van der Waals surface area contributed by atoms with Gasteiger partial charge in [0.1, 0.15) is 0 Å². The Labute approximate surface area is 142 Å². The van der Waals surface area contributed by atoms with Gasteiger partial charge < -0.3 is 4.90 Å². The molecule has 0 saturated heterocycles. The lowest BCUT2D eigenvalue weighted by molar-refractivity contribution is -0.145. The zero-order chi connectivity index (χ0) is 16.7. The van der Waals surface area contributed by atoms with Crippen LogP contribution in [0.3, 0.4) is 0 Å². The van der Waals surface area contributed by atoms with Gasteiger partial charge in [0, 0.05) is 29.0 Å². The Morgan fingerprint density at radius 3 is 2.17 bits per heavy atom. The van der Waals surface area contributed by atoms with Crippen LogP contribution >= 0.6 is 15.9 Å². The first-order valence-corrected chi connectivity index (χ1v) is 7.88. The minimum Gasteiger partial charge on any atom is -0.329 e. The van der Waals surface area contributed by atoms with E-state index in [0.29, 0.717) is 0 Å². The van der Waals surface area contributed by atoms with Crippen LogP contribution in [0.4, 0.5) is 8.78 Å². The summed E-state index contributed by atoms with van der Waals surface area (Å²) < 4.78 is 26.6. The molecule has 0 spiro atoms. The fraction of sp³-hybridized carbons (Fsp3) is 0.167. The molecule has 0 aliphatic carbocycles. The zero-order valence-corrected chi connectivity index (χ0v) is 13.9. The number of alkyl halides is 3. The number of benzene rings is 2. The highest BCUT2D eigenvalue weighted by atomic mass is 79.9. The van der Waals surface area contributed by atoms with Crippen molar-refractivity contribution in [1.82, 2.24) is 4.90 Å². The molecule has 0 heterocycles. The van der Waals surface area contributed by atoms with Crippen LogP contribution in [0.15, 0.2) is 66.7 Å². The highest BCUT2D eigenvalue weighted by Gasteiger charge is 2.38. The van der Waals surface area contributed by atoms with Gasteiger partial charge in [-0.2, -0.15) is 8.78 Å². The van der Waals surface area contributed by atoms with E-state index in [9.17, 15) is 13.6 Å². The van der Waals surface area contributed by atoms with Crippen LogP contribution in [0.5, 0.6) is 0 Å². The maximum absolute atomic E-state index is 13.3. The fourth-order valence-corrected chi connectivity index (χ4v) is 2.33. The van der Waals surface area contributed by atoms with E-state index < -0.39 is 10.7 Å². The molecule has 0 N–H and O–H groups in total. The van der Waals surface area contributed by atoms with Crippen molar-refractivity contribution in [1.29, 1.82) is 0 Å². The van der Waals surface area contributed by atoms with Gasteiger partial charge in [-0.1, -0.05) is 72.8 Å². The molecule has 0 fully saturated rings. The van der Waals surface area contributed by atoms with E-state index in [1.165, 1.54) is 0 Å². The summed E-state index contributed by atoms with van der Waals surface area (Å²) in [5, 5.41) is 0. The molecular formula is C18H16BrF2NO. The van der Waals surface area contributed by atoms with Gasteiger partial charge in [0.2, 0.25) is 0 Å². The third kappa shape index (κ3) is 5.60. The normalized spacial score (nSPS) is 11.6. The molecule has 0 aliphatic heterocycles. The van der Waals surface area contributed by atoms with Gasteiger partial charge >= 0.3 is 10.7 Å². The molecule has 5 heteroatoms. The molecule has 120 valence electrons. The van der Waals surface area contributed by atoms with Crippen molar-refractivity contribution in [2.45, 2.75) is 11.4 Å². The predicted octanol–water partition coefficient (Wildman–Crippen LogP) is 4.72. The standard InChI is InChI=1S/C18H16BrF2NO/c19-18(20,21)17(23)22(14-16-10-5-2-6-11-16)13-7-12-15-8-3-1-4-9-15/h1-12H,13-14H2/b12-7+. The van der Waals surface area contributed by atoms with Crippen molar-refractivity contribution in [3.05, 3.63) is 77.9 Å². The van der Waals surface area contributed by atoms with Gasteiger partial charge in [0.25, 0.3) is 0 Å². The zero-order valence-electron chi connectivity index (χ0n) is 12.3. The summed E-state index contributed by atoms with van der Waals surface area (Å²) in [4.78, 5) is 9.45. The monoisotopic (exact) mass is 379 g/mol. The topological polar surface area (TPSA) is 20.3 Å². The third-order valence-electron chi connectivity index (χ3n) is 3.18. The largest absolute Gasteiger partial charge is 0.378 e. The number of amides is 1. The number of hydrogen-bond donors (Lipinski definition) is 0. The lowest BCUT2D eigenvalue weighted by atomic mass is 10.2. The van der Waals surface area contributed by atoms with E-state index >= 15 is 0 Å². The van der Waals surface area contributed by atoms with Gasteiger partial charge in [-0.15, -0.1) is 0 Å². The highest BCUT2D eigenvalue weighted by molar-refractivity contribution is 9.10. The van der Waals surface area contributed by atoms with Crippen LogP contribution < -0.4 is 0 Å². The van der Waals surface area contributed by atoms with E-state index in [1.54, 1.807) is 24.3 Å². The van der Waals surface area contributed by atoms with E-state index in [-0.39, 0.29) is 13.1 Å². The van der Waals surface area contributed by atoms with E-state index in [4.69, 9.17) is 0 Å². The van der Waals surface area contributed by atoms with Crippen LogP contribution in [-0.2, 0) is 11.3 Å².